The molecule has 0 fully saturated rings. The zero-order valence-electron chi connectivity index (χ0n) is 13.1. The van der Waals surface area contributed by atoms with Crippen LogP contribution >= 0.6 is 0 Å². The molecule has 2 N–H and O–H groups in total. The van der Waals surface area contributed by atoms with E-state index in [1.807, 2.05) is 50.2 Å². The van der Waals surface area contributed by atoms with Crippen molar-refractivity contribution in [1.29, 1.82) is 0 Å². The average molecular weight is 299 g/mol. The number of hydrogen-bond donors (Lipinski definition) is 2. The van der Waals surface area contributed by atoms with Crippen LogP contribution in [-0.4, -0.2) is 23.2 Å². The Hall–Kier alpha value is -2.33. The molecule has 4 heteroatoms. The third-order valence-corrected chi connectivity index (χ3v) is 3.34. The Morgan fingerprint density at radius 3 is 2.09 bits per heavy atom. The third kappa shape index (κ3) is 4.33. The maximum Gasteiger partial charge on any atom is 0.259 e. The number of carbonyl (C=O) groups excluding carboxylic acids is 1. The average Bonchev–Trinajstić information content (AvgIpc) is 2.49. The fourth-order valence-corrected chi connectivity index (χ4v) is 1.83. The molecule has 0 saturated carbocycles. The molecule has 1 atom stereocenters. The first kappa shape index (κ1) is 16.0. The fourth-order valence-electron chi connectivity index (χ4n) is 1.83. The van der Waals surface area contributed by atoms with Gasteiger partial charge < -0.3 is 15.2 Å². The Balaban J connectivity index is 1.95. The van der Waals surface area contributed by atoms with Crippen LogP contribution in [0.15, 0.2) is 48.5 Å². The van der Waals surface area contributed by atoms with Crippen molar-refractivity contribution in [3.63, 3.8) is 0 Å². The lowest BCUT2D eigenvalue weighted by molar-refractivity contribution is -0.135. The second-order valence-corrected chi connectivity index (χ2v) is 5.70. The summed E-state index contributed by atoms with van der Waals surface area (Å²) in [7, 11) is 0. The minimum absolute atomic E-state index is 0.117. The van der Waals surface area contributed by atoms with E-state index in [0.717, 1.165) is 11.1 Å². The summed E-state index contributed by atoms with van der Waals surface area (Å²) in [6.45, 7) is 5.27. The number of amides is 1. The topological polar surface area (TPSA) is 58.6 Å². The summed E-state index contributed by atoms with van der Waals surface area (Å²) in [6.07, 6.45) is 0. The van der Waals surface area contributed by atoms with E-state index in [-0.39, 0.29) is 6.61 Å². The molecular weight excluding hydrogens is 278 g/mol. The van der Waals surface area contributed by atoms with Gasteiger partial charge in [-0.3, -0.25) is 4.79 Å². The van der Waals surface area contributed by atoms with Gasteiger partial charge in [-0.2, -0.15) is 0 Å². The van der Waals surface area contributed by atoms with Gasteiger partial charge in [0, 0.05) is 5.69 Å². The second-order valence-electron chi connectivity index (χ2n) is 5.70. The van der Waals surface area contributed by atoms with E-state index >= 15 is 0 Å². The van der Waals surface area contributed by atoms with E-state index in [2.05, 4.69) is 5.32 Å². The molecule has 0 aliphatic rings. The molecule has 22 heavy (non-hydrogen) atoms. The van der Waals surface area contributed by atoms with E-state index in [1.54, 1.807) is 12.1 Å². The number of aryl methyl sites for hydroxylation is 2. The molecule has 116 valence electrons. The van der Waals surface area contributed by atoms with Crippen molar-refractivity contribution >= 4 is 11.6 Å². The summed E-state index contributed by atoms with van der Waals surface area (Å²) in [5.74, 6) is 0.123. The largest absolute Gasteiger partial charge is 0.490 e. The van der Waals surface area contributed by atoms with Crippen molar-refractivity contribution in [3.05, 3.63) is 59.7 Å². The monoisotopic (exact) mass is 299 g/mol. The van der Waals surface area contributed by atoms with E-state index in [4.69, 9.17) is 4.74 Å². The first-order valence-corrected chi connectivity index (χ1v) is 7.17. The summed E-state index contributed by atoms with van der Waals surface area (Å²) in [4.78, 5) is 12.2. The number of ether oxygens (including phenoxy) is 1. The highest BCUT2D eigenvalue weighted by atomic mass is 16.5. The van der Waals surface area contributed by atoms with Gasteiger partial charge in [-0.25, -0.2) is 0 Å². The maximum absolute atomic E-state index is 12.2. The first-order valence-electron chi connectivity index (χ1n) is 7.17. The van der Waals surface area contributed by atoms with Gasteiger partial charge in [0.25, 0.3) is 5.91 Å². The Kier molecular flexibility index (Phi) is 4.83. The van der Waals surface area contributed by atoms with Gasteiger partial charge in [0.05, 0.1) is 0 Å². The minimum atomic E-state index is -1.62. The quantitative estimate of drug-likeness (QED) is 0.892. The lowest BCUT2D eigenvalue weighted by Crippen LogP contribution is -2.45. The van der Waals surface area contributed by atoms with Crippen molar-refractivity contribution in [2.24, 2.45) is 0 Å². The van der Waals surface area contributed by atoms with Crippen molar-refractivity contribution < 1.29 is 14.6 Å². The number of anilines is 1. The van der Waals surface area contributed by atoms with Gasteiger partial charge in [0.1, 0.15) is 12.4 Å². The molecule has 2 rings (SSSR count). The van der Waals surface area contributed by atoms with E-state index in [1.165, 1.54) is 6.92 Å². The molecule has 1 amide bonds. The molecule has 0 saturated heterocycles. The van der Waals surface area contributed by atoms with Gasteiger partial charge >= 0.3 is 0 Å². The number of nitrogens with one attached hydrogen (secondary N) is 1. The SMILES string of the molecule is Cc1ccc(NC(=O)[C@@](C)(O)COc2ccc(C)cc2)cc1. The lowest BCUT2D eigenvalue weighted by atomic mass is 10.1. The zero-order valence-corrected chi connectivity index (χ0v) is 13.1. The molecule has 2 aromatic carbocycles. The number of rotatable bonds is 5. The highest BCUT2D eigenvalue weighted by Crippen LogP contribution is 2.16. The van der Waals surface area contributed by atoms with E-state index in [9.17, 15) is 9.90 Å². The number of carbonyl (C=O) groups is 1. The molecule has 0 bridgehead atoms. The normalized spacial score (nSPS) is 13.3. The Bertz CT molecular complexity index is 630. The van der Waals surface area contributed by atoms with Crippen molar-refractivity contribution in [3.8, 4) is 5.75 Å². The molecule has 0 unspecified atom stereocenters. The molecule has 4 nitrogen and oxygen atoms in total. The van der Waals surface area contributed by atoms with Gasteiger partial charge in [-0.05, 0) is 45.0 Å². The molecular formula is C18H21NO3. The summed E-state index contributed by atoms with van der Waals surface area (Å²) < 4.78 is 5.49. The van der Waals surface area contributed by atoms with Gasteiger partial charge in [0.2, 0.25) is 0 Å². The van der Waals surface area contributed by atoms with Crippen molar-refractivity contribution in [1.82, 2.24) is 0 Å². The van der Waals surface area contributed by atoms with Gasteiger partial charge in [-0.1, -0.05) is 35.4 Å². The zero-order chi connectivity index (χ0) is 16.2. The van der Waals surface area contributed by atoms with E-state index in [0.29, 0.717) is 11.4 Å². The molecule has 0 heterocycles. The fraction of sp³-hybridized carbons (Fsp3) is 0.278. The molecule has 0 spiro atoms. The van der Waals surface area contributed by atoms with Crippen molar-refractivity contribution in [2.75, 3.05) is 11.9 Å². The maximum atomic E-state index is 12.2. The lowest BCUT2D eigenvalue weighted by Gasteiger charge is -2.22. The third-order valence-electron chi connectivity index (χ3n) is 3.34. The highest BCUT2D eigenvalue weighted by Gasteiger charge is 2.31. The highest BCUT2D eigenvalue weighted by molar-refractivity contribution is 5.96. The van der Waals surface area contributed by atoms with Crippen LogP contribution in [0.4, 0.5) is 5.69 Å². The van der Waals surface area contributed by atoms with Crippen LogP contribution in [0.3, 0.4) is 0 Å². The van der Waals surface area contributed by atoms with Crippen molar-refractivity contribution in [2.45, 2.75) is 26.4 Å². The van der Waals surface area contributed by atoms with Crippen LogP contribution in [0.2, 0.25) is 0 Å². The number of aliphatic hydroxyl groups is 1. The molecule has 0 radical (unpaired) electrons. The number of benzene rings is 2. The van der Waals surface area contributed by atoms with Crippen LogP contribution < -0.4 is 10.1 Å². The van der Waals surface area contributed by atoms with Crippen LogP contribution in [0, 0.1) is 13.8 Å². The van der Waals surface area contributed by atoms with Crippen LogP contribution in [0.5, 0.6) is 5.75 Å². The summed E-state index contributed by atoms with van der Waals surface area (Å²) in [5, 5.41) is 13.0. The molecule has 0 aliphatic heterocycles. The summed E-state index contributed by atoms with van der Waals surface area (Å²) in [6, 6.07) is 14.8. The minimum Gasteiger partial charge on any atom is -0.490 e. The summed E-state index contributed by atoms with van der Waals surface area (Å²) in [5.41, 5.74) is 1.25. The molecule has 2 aromatic rings. The second kappa shape index (κ2) is 6.62. The number of hydrogen-bond acceptors (Lipinski definition) is 3. The van der Waals surface area contributed by atoms with Crippen LogP contribution in [0.25, 0.3) is 0 Å². The van der Waals surface area contributed by atoms with E-state index < -0.39 is 11.5 Å². The van der Waals surface area contributed by atoms with Gasteiger partial charge in [-0.15, -0.1) is 0 Å². The predicted octanol–water partition coefficient (Wildman–Crippen LogP) is 3.07. The molecule has 0 aromatic heterocycles. The Labute approximate surface area is 130 Å². The smallest absolute Gasteiger partial charge is 0.259 e. The Morgan fingerprint density at radius 2 is 1.55 bits per heavy atom. The standard InChI is InChI=1S/C18H21NO3/c1-13-4-8-15(9-5-13)19-17(20)18(3,21)12-22-16-10-6-14(2)7-11-16/h4-11,21H,12H2,1-3H3,(H,19,20)/t18-/m0/s1. The first-order chi connectivity index (χ1) is 10.4. The Morgan fingerprint density at radius 1 is 1.05 bits per heavy atom. The van der Waals surface area contributed by atoms with Crippen LogP contribution in [-0.2, 0) is 4.79 Å². The van der Waals surface area contributed by atoms with Crippen LogP contribution in [0.1, 0.15) is 18.1 Å². The molecule has 0 aliphatic carbocycles. The van der Waals surface area contributed by atoms with Gasteiger partial charge in [0.15, 0.2) is 5.60 Å². The predicted molar refractivity (Wildman–Crippen MR) is 87.1 cm³/mol. The summed E-state index contributed by atoms with van der Waals surface area (Å²) >= 11 is 0.